The van der Waals surface area contributed by atoms with Gasteiger partial charge >= 0.3 is 0 Å². The van der Waals surface area contributed by atoms with Crippen LogP contribution in [0.15, 0.2) is 0 Å². The summed E-state index contributed by atoms with van der Waals surface area (Å²) in [6.45, 7) is 3.57. The average Bonchev–Trinajstić information content (AvgIpc) is 2.47. The topological polar surface area (TPSA) is 29.0 Å². The van der Waals surface area contributed by atoms with Crippen LogP contribution in [0.5, 0.6) is 0 Å². The van der Waals surface area contributed by atoms with Crippen molar-refractivity contribution in [1.82, 2.24) is 10.2 Å². The minimum atomic E-state index is -2.54. The molecule has 0 N–H and O–H groups in total. The molecule has 78 valence electrons. The SMILES string of the molecule is CC(C)c1nnc(N2CC(F)(F)C2)s1. The number of halogens is 2. The molecular formula is C8H11F2N3S. The zero-order chi connectivity index (χ0) is 10.3. The third-order valence-corrected chi connectivity index (χ3v) is 3.32. The molecule has 0 radical (unpaired) electrons. The quantitative estimate of drug-likeness (QED) is 0.763. The first-order valence-electron chi connectivity index (χ1n) is 4.44. The monoisotopic (exact) mass is 219 g/mol. The summed E-state index contributed by atoms with van der Waals surface area (Å²) in [4.78, 5) is 1.56. The van der Waals surface area contributed by atoms with Crippen molar-refractivity contribution in [2.75, 3.05) is 18.0 Å². The summed E-state index contributed by atoms with van der Waals surface area (Å²) in [5, 5.41) is 9.34. The van der Waals surface area contributed by atoms with E-state index in [9.17, 15) is 8.78 Å². The first-order valence-corrected chi connectivity index (χ1v) is 5.26. The van der Waals surface area contributed by atoms with Crippen LogP contribution in [0.3, 0.4) is 0 Å². The van der Waals surface area contributed by atoms with Crippen LogP contribution in [0.4, 0.5) is 13.9 Å². The number of rotatable bonds is 2. The van der Waals surface area contributed by atoms with E-state index in [4.69, 9.17) is 0 Å². The summed E-state index contributed by atoms with van der Waals surface area (Å²) in [5.74, 6) is -2.23. The standard InChI is InChI=1S/C8H11F2N3S/c1-5(2)6-11-12-7(14-6)13-3-8(9,10)4-13/h5H,3-4H2,1-2H3. The lowest BCUT2D eigenvalue weighted by Gasteiger charge is -2.38. The molecule has 0 saturated carbocycles. The van der Waals surface area contributed by atoms with Crippen LogP contribution in [0, 0.1) is 0 Å². The van der Waals surface area contributed by atoms with Gasteiger partial charge in [-0.25, -0.2) is 8.78 Å². The van der Waals surface area contributed by atoms with Crippen molar-refractivity contribution in [3.8, 4) is 0 Å². The lowest BCUT2D eigenvalue weighted by atomic mass is 10.2. The summed E-state index contributed by atoms with van der Waals surface area (Å²) in [7, 11) is 0. The molecule has 0 bridgehead atoms. The van der Waals surface area contributed by atoms with Crippen molar-refractivity contribution in [3.05, 3.63) is 5.01 Å². The van der Waals surface area contributed by atoms with Crippen molar-refractivity contribution in [3.63, 3.8) is 0 Å². The van der Waals surface area contributed by atoms with Gasteiger partial charge in [0.25, 0.3) is 5.92 Å². The molecule has 1 aliphatic heterocycles. The van der Waals surface area contributed by atoms with Crippen molar-refractivity contribution in [2.45, 2.75) is 25.7 Å². The Morgan fingerprint density at radius 2 is 2.00 bits per heavy atom. The van der Waals surface area contributed by atoms with Gasteiger partial charge in [-0.05, 0) is 0 Å². The van der Waals surface area contributed by atoms with Gasteiger partial charge in [0.05, 0.1) is 13.1 Å². The summed E-state index contributed by atoms with van der Waals surface area (Å²) in [6.07, 6.45) is 0. The van der Waals surface area contributed by atoms with Crippen LogP contribution in [0.2, 0.25) is 0 Å². The molecule has 0 aliphatic carbocycles. The molecule has 0 aromatic carbocycles. The highest BCUT2D eigenvalue weighted by molar-refractivity contribution is 7.15. The predicted octanol–water partition coefficient (Wildman–Crippen LogP) is 2.12. The highest BCUT2D eigenvalue weighted by Gasteiger charge is 2.45. The van der Waals surface area contributed by atoms with E-state index in [1.807, 2.05) is 13.8 Å². The second-order valence-electron chi connectivity index (χ2n) is 3.79. The molecule has 1 aromatic heterocycles. The maximum Gasteiger partial charge on any atom is 0.282 e. The van der Waals surface area contributed by atoms with E-state index in [1.165, 1.54) is 11.3 Å². The molecule has 14 heavy (non-hydrogen) atoms. The molecule has 0 unspecified atom stereocenters. The number of alkyl halides is 2. The Hall–Kier alpha value is -0.780. The third kappa shape index (κ3) is 1.70. The number of hydrogen-bond acceptors (Lipinski definition) is 4. The maximum atomic E-state index is 12.6. The van der Waals surface area contributed by atoms with Gasteiger partial charge in [-0.1, -0.05) is 25.2 Å². The van der Waals surface area contributed by atoms with Crippen LogP contribution in [-0.4, -0.2) is 29.2 Å². The van der Waals surface area contributed by atoms with E-state index in [-0.39, 0.29) is 13.1 Å². The molecule has 2 heterocycles. The molecule has 1 fully saturated rings. The van der Waals surface area contributed by atoms with E-state index in [0.717, 1.165) is 5.01 Å². The number of hydrogen-bond donors (Lipinski definition) is 0. The largest absolute Gasteiger partial charge is 0.334 e. The summed E-state index contributed by atoms with van der Waals surface area (Å²) >= 11 is 1.40. The Labute approximate surface area is 84.8 Å². The van der Waals surface area contributed by atoms with Crippen molar-refractivity contribution >= 4 is 16.5 Å². The molecular weight excluding hydrogens is 208 g/mol. The van der Waals surface area contributed by atoms with E-state index in [2.05, 4.69) is 10.2 Å². The number of aromatic nitrogens is 2. The summed E-state index contributed by atoms with van der Waals surface area (Å²) in [5.41, 5.74) is 0. The Morgan fingerprint density at radius 3 is 2.43 bits per heavy atom. The van der Waals surface area contributed by atoms with Gasteiger partial charge in [-0.3, -0.25) is 0 Å². The van der Waals surface area contributed by atoms with Crippen LogP contribution >= 0.6 is 11.3 Å². The van der Waals surface area contributed by atoms with E-state index >= 15 is 0 Å². The third-order valence-electron chi connectivity index (χ3n) is 2.04. The first kappa shape index (κ1) is 9.76. The predicted molar refractivity (Wildman–Crippen MR) is 51.2 cm³/mol. The zero-order valence-electron chi connectivity index (χ0n) is 8.00. The molecule has 1 saturated heterocycles. The van der Waals surface area contributed by atoms with Crippen molar-refractivity contribution < 1.29 is 8.78 Å². The van der Waals surface area contributed by atoms with Crippen molar-refractivity contribution in [2.24, 2.45) is 0 Å². The Kier molecular flexibility index (Phi) is 2.17. The lowest BCUT2D eigenvalue weighted by Crippen LogP contribution is -2.56. The Bertz CT molecular complexity index is 329. The highest BCUT2D eigenvalue weighted by atomic mass is 32.1. The molecule has 6 heteroatoms. The van der Waals surface area contributed by atoms with Crippen LogP contribution in [0.25, 0.3) is 0 Å². The van der Waals surface area contributed by atoms with Gasteiger partial charge in [-0.15, -0.1) is 10.2 Å². The van der Waals surface area contributed by atoms with Crippen LogP contribution in [-0.2, 0) is 0 Å². The molecule has 1 aromatic rings. The van der Waals surface area contributed by atoms with Gasteiger partial charge in [0.2, 0.25) is 5.13 Å². The fraction of sp³-hybridized carbons (Fsp3) is 0.750. The summed E-state index contributed by atoms with van der Waals surface area (Å²) in [6, 6.07) is 0. The van der Waals surface area contributed by atoms with E-state index in [0.29, 0.717) is 11.0 Å². The molecule has 1 aliphatic rings. The van der Waals surface area contributed by atoms with Gasteiger partial charge in [0, 0.05) is 5.92 Å². The second-order valence-corrected chi connectivity index (χ2v) is 4.78. The lowest BCUT2D eigenvalue weighted by molar-refractivity contribution is -0.0263. The molecule has 0 amide bonds. The molecule has 2 rings (SSSR count). The summed E-state index contributed by atoms with van der Waals surface area (Å²) < 4.78 is 25.1. The van der Waals surface area contributed by atoms with Crippen LogP contribution in [0.1, 0.15) is 24.8 Å². The van der Waals surface area contributed by atoms with Crippen LogP contribution < -0.4 is 4.90 Å². The Morgan fingerprint density at radius 1 is 1.36 bits per heavy atom. The minimum absolute atomic E-state index is 0.222. The van der Waals surface area contributed by atoms with Crippen molar-refractivity contribution in [1.29, 1.82) is 0 Å². The number of nitrogens with zero attached hydrogens (tertiary/aromatic N) is 3. The second kappa shape index (κ2) is 3.12. The molecule has 3 nitrogen and oxygen atoms in total. The van der Waals surface area contributed by atoms with Gasteiger partial charge < -0.3 is 4.90 Å². The van der Waals surface area contributed by atoms with Gasteiger partial charge in [-0.2, -0.15) is 0 Å². The fourth-order valence-electron chi connectivity index (χ4n) is 1.23. The van der Waals surface area contributed by atoms with E-state index in [1.54, 1.807) is 4.90 Å². The molecule has 0 spiro atoms. The smallest absolute Gasteiger partial charge is 0.282 e. The van der Waals surface area contributed by atoms with Gasteiger partial charge in [0.1, 0.15) is 5.01 Å². The highest BCUT2D eigenvalue weighted by Crippen LogP contribution is 2.34. The maximum absolute atomic E-state index is 12.6. The number of anilines is 1. The first-order chi connectivity index (χ1) is 6.48. The normalized spacial score (nSPS) is 19.9. The molecule has 0 atom stereocenters. The fourth-order valence-corrected chi connectivity index (χ4v) is 2.08. The zero-order valence-corrected chi connectivity index (χ0v) is 8.81. The minimum Gasteiger partial charge on any atom is -0.334 e. The van der Waals surface area contributed by atoms with Gasteiger partial charge in [0.15, 0.2) is 0 Å². The Balaban J connectivity index is 2.05. The van der Waals surface area contributed by atoms with E-state index < -0.39 is 5.92 Å². The average molecular weight is 219 g/mol.